The number of benzene rings is 1. The van der Waals surface area contributed by atoms with Gasteiger partial charge >= 0.3 is 0 Å². The largest absolute Gasteiger partial charge is 0.486 e. The van der Waals surface area contributed by atoms with Crippen LogP contribution in [-0.4, -0.2) is 46.5 Å². The highest BCUT2D eigenvalue weighted by molar-refractivity contribution is 5.79. The summed E-state index contributed by atoms with van der Waals surface area (Å²) in [5.74, 6) is 2.74. The van der Waals surface area contributed by atoms with Crippen LogP contribution in [0.25, 0.3) is 0 Å². The molecule has 0 fully saturated rings. The molecule has 0 amide bonds. The van der Waals surface area contributed by atoms with Gasteiger partial charge in [0.15, 0.2) is 17.5 Å². The smallest absolute Gasteiger partial charge is 0.191 e. The summed E-state index contributed by atoms with van der Waals surface area (Å²) in [5, 5.41) is 15.3. The molecule has 1 aromatic carbocycles. The van der Waals surface area contributed by atoms with Gasteiger partial charge in [0.25, 0.3) is 0 Å². The van der Waals surface area contributed by atoms with Gasteiger partial charge in [-0.3, -0.25) is 0 Å². The van der Waals surface area contributed by atoms with Crippen molar-refractivity contribution in [2.45, 2.75) is 58.6 Å². The first-order valence-corrected chi connectivity index (χ1v) is 10.5. The maximum atomic E-state index is 13.7. The van der Waals surface area contributed by atoms with Gasteiger partial charge < -0.3 is 19.9 Å². The molecule has 0 spiro atoms. The van der Waals surface area contributed by atoms with Gasteiger partial charge in [-0.15, -0.1) is 10.2 Å². The topological polar surface area (TPSA) is 76.4 Å². The van der Waals surface area contributed by atoms with Crippen molar-refractivity contribution in [1.29, 1.82) is 0 Å². The maximum absolute atomic E-state index is 13.7. The molecular weight excluding hydrogens is 371 g/mol. The van der Waals surface area contributed by atoms with Crippen molar-refractivity contribution in [2.24, 2.45) is 4.99 Å². The van der Waals surface area contributed by atoms with E-state index < -0.39 is 0 Å². The van der Waals surface area contributed by atoms with E-state index in [2.05, 4.69) is 30.4 Å². The zero-order valence-electron chi connectivity index (χ0n) is 17.3. The van der Waals surface area contributed by atoms with Gasteiger partial charge in [-0.05, 0) is 38.8 Å². The van der Waals surface area contributed by atoms with E-state index in [4.69, 9.17) is 4.74 Å². The molecule has 7 nitrogen and oxygen atoms in total. The summed E-state index contributed by atoms with van der Waals surface area (Å²) in [6, 6.07) is 6.42. The molecule has 8 heteroatoms. The number of fused-ring (bicyclic) bond motifs is 1. The van der Waals surface area contributed by atoms with Crippen molar-refractivity contribution in [1.82, 2.24) is 25.4 Å². The van der Waals surface area contributed by atoms with Crippen molar-refractivity contribution < 1.29 is 9.13 Å². The van der Waals surface area contributed by atoms with E-state index in [0.29, 0.717) is 19.0 Å². The number of ether oxygens (including phenoxy) is 1. The van der Waals surface area contributed by atoms with E-state index in [9.17, 15) is 4.39 Å². The van der Waals surface area contributed by atoms with Gasteiger partial charge in [0.2, 0.25) is 0 Å². The lowest BCUT2D eigenvalue weighted by molar-refractivity contribution is 0.220. The van der Waals surface area contributed by atoms with Gasteiger partial charge in [-0.1, -0.05) is 18.6 Å². The van der Waals surface area contributed by atoms with Crippen molar-refractivity contribution in [3.8, 4) is 5.75 Å². The molecule has 0 saturated heterocycles. The van der Waals surface area contributed by atoms with E-state index >= 15 is 0 Å². The monoisotopic (exact) mass is 402 g/mol. The van der Waals surface area contributed by atoms with Gasteiger partial charge in [0.1, 0.15) is 17.8 Å². The Morgan fingerprint density at radius 3 is 2.93 bits per heavy atom. The van der Waals surface area contributed by atoms with Crippen LogP contribution >= 0.6 is 0 Å². The number of aliphatic imine (C=N–C) groups is 1. The van der Waals surface area contributed by atoms with Crippen LogP contribution in [0, 0.1) is 5.82 Å². The summed E-state index contributed by atoms with van der Waals surface area (Å²) < 4.78 is 21.6. The van der Waals surface area contributed by atoms with E-state index in [0.717, 1.165) is 37.6 Å². The molecule has 2 aromatic rings. The van der Waals surface area contributed by atoms with Gasteiger partial charge in [-0.25, -0.2) is 9.38 Å². The van der Waals surface area contributed by atoms with E-state index in [-0.39, 0.29) is 17.7 Å². The summed E-state index contributed by atoms with van der Waals surface area (Å²) in [5.41, 5.74) is 0. The molecule has 1 atom stereocenters. The van der Waals surface area contributed by atoms with Crippen molar-refractivity contribution >= 4 is 5.96 Å². The Labute approximate surface area is 171 Å². The van der Waals surface area contributed by atoms with Crippen LogP contribution in [0.1, 0.15) is 44.8 Å². The third kappa shape index (κ3) is 6.17. The molecule has 0 saturated carbocycles. The van der Waals surface area contributed by atoms with Crippen LogP contribution in [0.3, 0.4) is 0 Å². The second kappa shape index (κ2) is 10.8. The van der Waals surface area contributed by atoms with Crippen LogP contribution in [0.15, 0.2) is 29.3 Å². The van der Waals surface area contributed by atoms with Crippen molar-refractivity contribution in [3.05, 3.63) is 41.7 Å². The molecule has 1 aromatic heterocycles. The lowest BCUT2D eigenvalue weighted by Crippen LogP contribution is -2.39. The van der Waals surface area contributed by atoms with Crippen LogP contribution < -0.4 is 15.4 Å². The Kier molecular flexibility index (Phi) is 7.84. The highest BCUT2D eigenvalue weighted by atomic mass is 19.1. The maximum Gasteiger partial charge on any atom is 0.191 e. The van der Waals surface area contributed by atoms with Crippen LogP contribution in [0.2, 0.25) is 0 Å². The summed E-state index contributed by atoms with van der Waals surface area (Å²) in [6.45, 7) is 6.81. The molecule has 0 bridgehead atoms. The van der Waals surface area contributed by atoms with Crippen LogP contribution in [0.4, 0.5) is 4.39 Å². The van der Waals surface area contributed by atoms with Gasteiger partial charge in [0, 0.05) is 32.5 Å². The number of rotatable bonds is 8. The molecular formula is C21H31FN6O. The summed E-state index contributed by atoms with van der Waals surface area (Å²) in [7, 11) is 0. The fourth-order valence-electron chi connectivity index (χ4n) is 3.38. The third-order valence-electron chi connectivity index (χ3n) is 4.84. The number of nitrogens with zero attached hydrogens (tertiary/aromatic N) is 4. The van der Waals surface area contributed by atoms with Crippen LogP contribution in [0.5, 0.6) is 5.75 Å². The molecule has 158 valence electrons. The molecule has 0 aliphatic carbocycles. The summed E-state index contributed by atoms with van der Waals surface area (Å²) >= 11 is 0. The Bertz CT molecular complexity index is 806. The molecule has 1 unspecified atom stereocenters. The predicted molar refractivity (Wildman–Crippen MR) is 112 cm³/mol. The standard InChI is InChI=1S/C21H31FN6O/c1-3-23-21(25-15-16(2)29-18-10-7-6-9-17(18)22)24-13-12-20-27-26-19-11-5-4-8-14-28(19)20/h6-7,9-10,16H,3-5,8,11-15H2,1-2H3,(H2,23,24,25). The molecule has 0 radical (unpaired) electrons. The number of hydrogen-bond donors (Lipinski definition) is 2. The Hall–Kier alpha value is -2.64. The number of halogens is 1. The zero-order valence-corrected chi connectivity index (χ0v) is 17.3. The van der Waals surface area contributed by atoms with Crippen LogP contribution in [-0.2, 0) is 19.4 Å². The minimum absolute atomic E-state index is 0.241. The Morgan fingerprint density at radius 1 is 1.24 bits per heavy atom. The van der Waals surface area contributed by atoms with Crippen molar-refractivity contribution in [2.75, 3.05) is 19.6 Å². The van der Waals surface area contributed by atoms with E-state index in [1.165, 1.54) is 25.3 Å². The number of aryl methyl sites for hydroxylation is 1. The fourth-order valence-corrected chi connectivity index (χ4v) is 3.38. The SMILES string of the molecule is CCNC(=NCC(C)Oc1ccccc1F)NCCc1nnc2n1CCCCC2. The quantitative estimate of drug-likeness (QED) is 0.524. The highest BCUT2D eigenvalue weighted by Gasteiger charge is 2.14. The lowest BCUT2D eigenvalue weighted by atomic mass is 10.2. The Morgan fingerprint density at radius 2 is 2.10 bits per heavy atom. The molecule has 29 heavy (non-hydrogen) atoms. The van der Waals surface area contributed by atoms with E-state index in [1.54, 1.807) is 18.2 Å². The summed E-state index contributed by atoms with van der Waals surface area (Å²) in [6.07, 6.45) is 5.21. The van der Waals surface area contributed by atoms with E-state index in [1.807, 2.05) is 13.8 Å². The summed E-state index contributed by atoms with van der Waals surface area (Å²) in [4.78, 5) is 4.56. The first-order chi connectivity index (χ1) is 14.2. The number of aromatic nitrogens is 3. The second-order valence-corrected chi connectivity index (χ2v) is 7.25. The second-order valence-electron chi connectivity index (χ2n) is 7.25. The molecule has 2 heterocycles. The molecule has 1 aliphatic rings. The first-order valence-electron chi connectivity index (χ1n) is 10.5. The normalized spacial score (nSPS) is 15.3. The van der Waals surface area contributed by atoms with Crippen molar-refractivity contribution in [3.63, 3.8) is 0 Å². The number of para-hydroxylation sites is 1. The average molecular weight is 403 g/mol. The zero-order chi connectivity index (χ0) is 20.5. The minimum Gasteiger partial charge on any atom is -0.486 e. The molecule has 3 rings (SSSR count). The minimum atomic E-state index is -0.360. The number of nitrogens with one attached hydrogen (secondary N) is 2. The highest BCUT2D eigenvalue weighted by Crippen LogP contribution is 2.17. The number of guanidine groups is 1. The van der Waals surface area contributed by atoms with Gasteiger partial charge in [0.05, 0.1) is 6.54 Å². The average Bonchev–Trinajstić information content (AvgIpc) is 2.94. The molecule has 2 N–H and O–H groups in total. The molecule has 1 aliphatic heterocycles. The first kappa shape index (κ1) is 21.1. The Balaban J connectivity index is 1.50. The lowest BCUT2D eigenvalue weighted by Gasteiger charge is -2.15. The van der Waals surface area contributed by atoms with Gasteiger partial charge in [-0.2, -0.15) is 0 Å². The predicted octanol–water partition coefficient (Wildman–Crippen LogP) is 2.71. The third-order valence-corrected chi connectivity index (χ3v) is 4.84. The fraction of sp³-hybridized carbons (Fsp3) is 0.571. The number of hydrogen-bond acceptors (Lipinski definition) is 4.